The minimum atomic E-state index is 0.803. The molecular weight excluding hydrogens is 260 g/mol. The van der Waals surface area contributed by atoms with Crippen LogP contribution >= 0.6 is 0 Å². The van der Waals surface area contributed by atoms with E-state index in [-0.39, 0.29) is 0 Å². The van der Waals surface area contributed by atoms with E-state index in [9.17, 15) is 0 Å². The zero-order valence-electron chi connectivity index (χ0n) is 12.3. The van der Waals surface area contributed by atoms with Crippen molar-refractivity contribution in [2.75, 3.05) is 6.54 Å². The molecule has 21 heavy (non-hydrogen) atoms. The summed E-state index contributed by atoms with van der Waals surface area (Å²) in [6.07, 6.45) is 6.82. The Morgan fingerprint density at radius 1 is 1.19 bits per heavy atom. The Labute approximate surface area is 124 Å². The van der Waals surface area contributed by atoms with Crippen molar-refractivity contribution < 1.29 is 0 Å². The number of nitrogens with one attached hydrogen (secondary N) is 1. The zero-order valence-corrected chi connectivity index (χ0v) is 12.3. The molecule has 2 heterocycles. The lowest BCUT2D eigenvalue weighted by Crippen LogP contribution is -2.17. The molecule has 0 spiro atoms. The maximum absolute atomic E-state index is 4.52. The summed E-state index contributed by atoms with van der Waals surface area (Å²) in [5.41, 5.74) is 3.50. The van der Waals surface area contributed by atoms with Gasteiger partial charge in [-0.3, -0.25) is 4.98 Å². The quantitative estimate of drug-likeness (QED) is 0.706. The van der Waals surface area contributed by atoms with E-state index in [4.69, 9.17) is 0 Å². The first-order chi connectivity index (χ1) is 10.4. The van der Waals surface area contributed by atoms with Crippen LogP contribution in [0.2, 0.25) is 0 Å². The first-order valence-electron chi connectivity index (χ1n) is 7.41. The predicted octanol–water partition coefficient (Wildman–Crippen LogP) is 2.98. The van der Waals surface area contributed by atoms with Crippen LogP contribution in [0.5, 0.6) is 0 Å². The Morgan fingerprint density at radius 3 is 3.00 bits per heavy atom. The molecule has 1 aromatic carbocycles. The summed E-state index contributed by atoms with van der Waals surface area (Å²) < 4.78 is 2.19. The first-order valence-corrected chi connectivity index (χ1v) is 7.41. The monoisotopic (exact) mass is 280 g/mol. The predicted molar refractivity (Wildman–Crippen MR) is 85.1 cm³/mol. The third-order valence-corrected chi connectivity index (χ3v) is 3.59. The topological polar surface area (TPSA) is 42.7 Å². The summed E-state index contributed by atoms with van der Waals surface area (Å²) in [7, 11) is 0. The molecule has 0 fully saturated rings. The van der Waals surface area contributed by atoms with Gasteiger partial charge in [0.25, 0.3) is 0 Å². The van der Waals surface area contributed by atoms with Gasteiger partial charge in [0, 0.05) is 24.3 Å². The van der Waals surface area contributed by atoms with Crippen LogP contribution in [-0.4, -0.2) is 21.1 Å². The van der Waals surface area contributed by atoms with Crippen LogP contribution in [0.15, 0.2) is 49.1 Å². The molecule has 0 aliphatic heterocycles. The Morgan fingerprint density at radius 2 is 2.10 bits per heavy atom. The largest absolute Gasteiger partial charge is 0.329 e. The highest BCUT2D eigenvalue weighted by molar-refractivity contribution is 5.81. The number of para-hydroxylation sites is 1. The van der Waals surface area contributed by atoms with Gasteiger partial charge in [-0.15, -0.1) is 0 Å². The van der Waals surface area contributed by atoms with E-state index in [0.717, 1.165) is 31.6 Å². The maximum Gasteiger partial charge on any atom is 0.0951 e. The van der Waals surface area contributed by atoms with E-state index >= 15 is 0 Å². The molecule has 3 rings (SSSR count). The third-order valence-electron chi connectivity index (χ3n) is 3.59. The fourth-order valence-corrected chi connectivity index (χ4v) is 2.51. The number of nitrogens with zero attached hydrogens (tertiary/aromatic N) is 3. The van der Waals surface area contributed by atoms with Crippen LogP contribution < -0.4 is 5.32 Å². The van der Waals surface area contributed by atoms with Crippen LogP contribution in [0, 0.1) is 0 Å². The number of rotatable bonds is 6. The molecule has 0 radical (unpaired) electrons. The second-order valence-electron chi connectivity index (χ2n) is 5.18. The molecule has 0 amide bonds. The van der Waals surface area contributed by atoms with E-state index in [1.165, 1.54) is 16.6 Å². The SMILES string of the molecule is CCCNCc1cncn1Cc1cccc2cccnc12. The van der Waals surface area contributed by atoms with E-state index in [1.807, 2.05) is 24.8 Å². The molecule has 0 aliphatic carbocycles. The fourth-order valence-electron chi connectivity index (χ4n) is 2.51. The number of benzene rings is 1. The van der Waals surface area contributed by atoms with Crippen molar-refractivity contribution >= 4 is 10.9 Å². The van der Waals surface area contributed by atoms with Gasteiger partial charge in [0.05, 0.1) is 24.1 Å². The van der Waals surface area contributed by atoms with E-state index < -0.39 is 0 Å². The summed E-state index contributed by atoms with van der Waals surface area (Å²) in [6, 6.07) is 10.4. The van der Waals surface area contributed by atoms with Crippen molar-refractivity contribution in [1.29, 1.82) is 0 Å². The number of imidazole rings is 1. The van der Waals surface area contributed by atoms with Gasteiger partial charge < -0.3 is 9.88 Å². The highest BCUT2D eigenvalue weighted by atomic mass is 15.1. The minimum Gasteiger partial charge on any atom is -0.329 e. The molecule has 0 unspecified atom stereocenters. The second-order valence-corrected chi connectivity index (χ2v) is 5.18. The molecule has 4 heteroatoms. The van der Waals surface area contributed by atoms with Gasteiger partial charge in [-0.05, 0) is 24.6 Å². The van der Waals surface area contributed by atoms with Crippen LogP contribution in [0.25, 0.3) is 10.9 Å². The summed E-state index contributed by atoms with van der Waals surface area (Å²) in [6.45, 7) is 4.86. The summed E-state index contributed by atoms with van der Waals surface area (Å²) in [5.74, 6) is 0. The highest BCUT2D eigenvalue weighted by Gasteiger charge is 2.06. The second kappa shape index (κ2) is 6.50. The summed E-state index contributed by atoms with van der Waals surface area (Å²) in [4.78, 5) is 8.80. The third kappa shape index (κ3) is 3.11. The molecule has 3 aromatic rings. The van der Waals surface area contributed by atoms with Crippen molar-refractivity contribution in [3.05, 3.63) is 60.3 Å². The van der Waals surface area contributed by atoms with E-state index in [0.29, 0.717) is 0 Å². The molecule has 4 nitrogen and oxygen atoms in total. The number of hydrogen-bond donors (Lipinski definition) is 1. The smallest absolute Gasteiger partial charge is 0.0951 e. The number of aromatic nitrogens is 3. The average Bonchev–Trinajstić information content (AvgIpc) is 2.95. The Balaban J connectivity index is 1.84. The number of fused-ring (bicyclic) bond motifs is 1. The van der Waals surface area contributed by atoms with Crippen molar-refractivity contribution in [2.45, 2.75) is 26.4 Å². The van der Waals surface area contributed by atoms with Crippen molar-refractivity contribution in [3.8, 4) is 0 Å². The van der Waals surface area contributed by atoms with Gasteiger partial charge in [-0.25, -0.2) is 4.98 Å². The van der Waals surface area contributed by atoms with Crippen LogP contribution in [0.3, 0.4) is 0 Å². The fraction of sp³-hybridized carbons (Fsp3) is 0.294. The van der Waals surface area contributed by atoms with E-state index in [1.54, 1.807) is 0 Å². The molecule has 2 aromatic heterocycles. The minimum absolute atomic E-state index is 0.803. The van der Waals surface area contributed by atoms with Crippen molar-refractivity contribution in [1.82, 2.24) is 19.9 Å². The lowest BCUT2D eigenvalue weighted by molar-refractivity contribution is 0.630. The van der Waals surface area contributed by atoms with Gasteiger partial charge >= 0.3 is 0 Å². The van der Waals surface area contributed by atoms with Crippen molar-refractivity contribution in [2.24, 2.45) is 0 Å². The van der Waals surface area contributed by atoms with E-state index in [2.05, 4.69) is 51.0 Å². The van der Waals surface area contributed by atoms with Crippen LogP contribution in [0.4, 0.5) is 0 Å². The average molecular weight is 280 g/mol. The lowest BCUT2D eigenvalue weighted by atomic mass is 10.1. The highest BCUT2D eigenvalue weighted by Crippen LogP contribution is 2.17. The molecule has 108 valence electrons. The molecule has 0 saturated heterocycles. The molecule has 0 atom stereocenters. The Kier molecular flexibility index (Phi) is 4.26. The summed E-state index contributed by atoms with van der Waals surface area (Å²) >= 11 is 0. The van der Waals surface area contributed by atoms with Gasteiger partial charge in [0.2, 0.25) is 0 Å². The maximum atomic E-state index is 4.52. The normalized spacial score (nSPS) is 11.1. The zero-order chi connectivity index (χ0) is 14.5. The Bertz CT molecular complexity index is 712. The van der Waals surface area contributed by atoms with Gasteiger partial charge in [0.15, 0.2) is 0 Å². The standard InChI is InChI=1S/C17H20N4/c1-2-8-18-10-16-11-19-13-21(16)12-15-6-3-5-14-7-4-9-20-17(14)15/h3-7,9,11,13,18H,2,8,10,12H2,1H3. The molecule has 0 aliphatic rings. The summed E-state index contributed by atoms with van der Waals surface area (Å²) in [5, 5.41) is 4.61. The first kappa shape index (κ1) is 13.8. The number of pyridine rings is 1. The Hall–Kier alpha value is -2.20. The molecular formula is C17H20N4. The molecule has 0 saturated carbocycles. The molecule has 0 bridgehead atoms. The number of hydrogen-bond acceptors (Lipinski definition) is 3. The lowest BCUT2D eigenvalue weighted by Gasteiger charge is -2.10. The van der Waals surface area contributed by atoms with Crippen molar-refractivity contribution in [3.63, 3.8) is 0 Å². The van der Waals surface area contributed by atoms with Gasteiger partial charge in [0.1, 0.15) is 0 Å². The van der Waals surface area contributed by atoms with Crippen LogP contribution in [-0.2, 0) is 13.1 Å². The van der Waals surface area contributed by atoms with Gasteiger partial charge in [-0.2, -0.15) is 0 Å². The molecule has 1 N–H and O–H groups in total. The van der Waals surface area contributed by atoms with Crippen LogP contribution in [0.1, 0.15) is 24.6 Å². The van der Waals surface area contributed by atoms with Gasteiger partial charge in [-0.1, -0.05) is 31.2 Å².